The van der Waals surface area contributed by atoms with Crippen molar-refractivity contribution >= 4 is 0 Å². The molecule has 0 aliphatic heterocycles. The van der Waals surface area contributed by atoms with Gasteiger partial charge < -0.3 is 10.3 Å². The molecule has 0 bridgehead atoms. The van der Waals surface area contributed by atoms with Crippen molar-refractivity contribution < 1.29 is 8.91 Å². The normalized spacial score (nSPS) is 12.7. The highest BCUT2D eigenvalue weighted by Gasteiger charge is 2.15. The van der Waals surface area contributed by atoms with Gasteiger partial charge in [0.15, 0.2) is 5.82 Å². The van der Waals surface area contributed by atoms with Crippen LogP contribution in [0.25, 0.3) is 0 Å². The van der Waals surface area contributed by atoms with E-state index >= 15 is 0 Å². The van der Waals surface area contributed by atoms with Crippen molar-refractivity contribution in [1.82, 2.24) is 10.1 Å². The summed E-state index contributed by atoms with van der Waals surface area (Å²) in [5.74, 6) is 0.470. The second-order valence-corrected chi connectivity index (χ2v) is 3.20. The van der Waals surface area contributed by atoms with Crippen molar-refractivity contribution in [3.05, 3.63) is 47.4 Å². The number of nitrogens with two attached hydrogens (primary N) is 1. The van der Waals surface area contributed by atoms with Crippen molar-refractivity contribution in [1.29, 1.82) is 0 Å². The Morgan fingerprint density at radius 3 is 2.87 bits per heavy atom. The number of halogens is 1. The highest BCUT2D eigenvalue weighted by Crippen LogP contribution is 2.17. The van der Waals surface area contributed by atoms with E-state index in [1.807, 2.05) is 0 Å². The Hall–Kier alpha value is -1.75. The molecule has 0 radical (unpaired) electrons. The van der Waals surface area contributed by atoms with E-state index in [1.165, 1.54) is 12.1 Å². The van der Waals surface area contributed by atoms with Gasteiger partial charge in [-0.1, -0.05) is 17.3 Å². The molecule has 0 saturated carbocycles. The predicted octanol–water partition coefficient (Wildman–Crippen LogP) is 1.57. The van der Waals surface area contributed by atoms with Gasteiger partial charge in [-0.3, -0.25) is 0 Å². The lowest BCUT2D eigenvalue weighted by atomic mass is 10.1. The van der Waals surface area contributed by atoms with Gasteiger partial charge in [0.05, 0.1) is 6.04 Å². The maximum Gasteiger partial charge on any atom is 0.223 e. The number of nitrogens with zero attached hydrogens (tertiary/aromatic N) is 2. The molecule has 2 rings (SSSR count). The Kier molecular flexibility index (Phi) is 2.47. The third-order valence-corrected chi connectivity index (χ3v) is 2.03. The van der Waals surface area contributed by atoms with Crippen LogP contribution in [-0.2, 0) is 0 Å². The van der Waals surface area contributed by atoms with Gasteiger partial charge in [-0.15, -0.1) is 0 Å². The average molecular weight is 207 g/mol. The van der Waals surface area contributed by atoms with Gasteiger partial charge in [0.1, 0.15) is 5.82 Å². The summed E-state index contributed by atoms with van der Waals surface area (Å²) in [6.45, 7) is 1.68. The maximum absolute atomic E-state index is 12.9. The largest absolute Gasteiger partial charge is 0.340 e. The molecule has 1 heterocycles. The molecule has 78 valence electrons. The van der Waals surface area contributed by atoms with Gasteiger partial charge in [0.2, 0.25) is 5.89 Å². The van der Waals surface area contributed by atoms with Crippen LogP contribution >= 0.6 is 0 Å². The van der Waals surface area contributed by atoms with Gasteiger partial charge in [0, 0.05) is 6.92 Å². The third kappa shape index (κ3) is 2.02. The second kappa shape index (κ2) is 3.78. The number of hydrogen-bond donors (Lipinski definition) is 1. The zero-order valence-electron chi connectivity index (χ0n) is 8.14. The van der Waals surface area contributed by atoms with Crippen LogP contribution in [0.15, 0.2) is 28.8 Å². The molecule has 0 aliphatic rings. The number of benzene rings is 1. The summed E-state index contributed by atoms with van der Waals surface area (Å²) in [5.41, 5.74) is 6.47. The maximum atomic E-state index is 12.9. The molecule has 0 spiro atoms. The highest BCUT2D eigenvalue weighted by molar-refractivity contribution is 5.24. The minimum absolute atomic E-state index is 0.330. The summed E-state index contributed by atoms with van der Waals surface area (Å²) < 4.78 is 17.7. The molecule has 2 aromatic rings. The molecular formula is C10H10FN3O. The van der Waals surface area contributed by atoms with Crippen molar-refractivity contribution in [2.45, 2.75) is 13.0 Å². The molecule has 1 aromatic carbocycles. The van der Waals surface area contributed by atoms with Gasteiger partial charge in [-0.2, -0.15) is 4.98 Å². The SMILES string of the molecule is Cc1nc(C(N)c2cccc(F)c2)no1. The number of hydrogen-bond acceptors (Lipinski definition) is 4. The lowest BCUT2D eigenvalue weighted by Gasteiger charge is -2.06. The Morgan fingerprint density at radius 1 is 1.47 bits per heavy atom. The van der Waals surface area contributed by atoms with Crippen LogP contribution in [0.4, 0.5) is 4.39 Å². The molecule has 1 atom stereocenters. The summed E-state index contributed by atoms with van der Waals surface area (Å²) in [4.78, 5) is 3.99. The standard InChI is InChI=1S/C10H10FN3O/c1-6-13-10(14-15-6)9(12)7-3-2-4-8(11)5-7/h2-5,9H,12H2,1H3. The number of rotatable bonds is 2. The van der Waals surface area contributed by atoms with E-state index in [2.05, 4.69) is 10.1 Å². The number of aryl methyl sites for hydroxylation is 1. The van der Waals surface area contributed by atoms with Crippen LogP contribution in [0.3, 0.4) is 0 Å². The Morgan fingerprint density at radius 2 is 2.27 bits per heavy atom. The monoisotopic (exact) mass is 207 g/mol. The molecule has 0 saturated heterocycles. The van der Waals surface area contributed by atoms with Crippen molar-refractivity contribution in [2.75, 3.05) is 0 Å². The smallest absolute Gasteiger partial charge is 0.223 e. The average Bonchev–Trinajstić information content (AvgIpc) is 2.64. The number of aromatic nitrogens is 2. The lowest BCUT2D eigenvalue weighted by molar-refractivity contribution is 0.385. The van der Waals surface area contributed by atoms with Crippen LogP contribution in [0, 0.1) is 12.7 Å². The first-order chi connectivity index (χ1) is 7.16. The molecule has 0 aliphatic carbocycles. The lowest BCUT2D eigenvalue weighted by Crippen LogP contribution is -2.13. The van der Waals surface area contributed by atoms with Crippen molar-refractivity contribution in [3.63, 3.8) is 0 Å². The molecular weight excluding hydrogens is 197 g/mol. The minimum Gasteiger partial charge on any atom is -0.340 e. The fourth-order valence-corrected chi connectivity index (χ4v) is 1.29. The third-order valence-electron chi connectivity index (χ3n) is 2.03. The molecule has 15 heavy (non-hydrogen) atoms. The summed E-state index contributed by atoms with van der Waals surface area (Å²) >= 11 is 0. The zero-order chi connectivity index (χ0) is 10.8. The molecule has 2 N–H and O–H groups in total. The highest BCUT2D eigenvalue weighted by atomic mass is 19.1. The Balaban J connectivity index is 2.32. The first-order valence-corrected chi connectivity index (χ1v) is 4.48. The summed E-state index contributed by atoms with van der Waals surface area (Å²) in [6, 6.07) is 5.48. The van der Waals surface area contributed by atoms with Crippen LogP contribution in [-0.4, -0.2) is 10.1 Å². The van der Waals surface area contributed by atoms with Gasteiger partial charge in [-0.05, 0) is 17.7 Å². The molecule has 4 nitrogen and oxygen atoms in total. The molecule has 0 amide bonds. The van der Waals surface area contributed by atoms with Crippen LogP contribution in [0.1, 0.15) is 23.3 Å². The van der Waals surface area contributed by atoms with Crippen molar-refractivity contribution in [3.8, 4) is 0 Å². The summed E-state index contributed by atoms with van der Waals surface area (Å²) in [5, 5.41) is 3.69. The Bertz CT molecular complexity index is 469. The molecule has 5 heteroatoms. The van der Waals surface area contributed by atoms with E-state index in [1.54, 1.807) is 19.1 Å². The second-order valence-electron chi connectivity index (χ2n) is 3.20. The fourth-order valence-electron chi connectivity index (χ4n) is 1.29. The van der Waals surface area contributed by atoms with Gasteiger partial charge in [-0.25, -0.2) is 4.39 Å². The van der Waals surface area contributed by atoms with E-state index in [4.69, 9.17) is 10.3 Å². The van der Waals surface area contributed by atoms with Gasteiger partial charge in [0.25, 0.3) is 0 Å². The minimum atomic E-state index is -0.557. The zero-order valence-corrected chi connectivity index (χ0v) is 8.14. The molecule has 0 fully saturated rings. The van der Waals surface area contributed by atoms with Gasteiger partial charge >= 0.3 is 0 Å². The van der Waals surface area contributed by atoms with Crippen LogP contribution in [0.5, 0.6) is 0 Å². The van der Waals surface area contributed by atoms with E-state index < -0.39 is 6.04 Å². The summed E-state index contributed by atoms with van der Waals surface area (Å²) in [7, 11) is 0. The first-order valence-electron chi connectivity index (χ1n) is 4.48. The molecule has 1 unspecified atom stereocenters. The van der Waals surface area contributed by atoms with E-state index in [0.717, 1.165) is 0 Å². The van der Waals surface area contributed by atoms with E-state index in [9.17, 15) is 4.39 Å². The van der Waals surface area contributed by atoms with Crippen LogP contribution < -0.4 is 5.73 Å². The van der Waals surface area contributed by atoms with E-state index in [0.29, 0.717) is 17.3 Å². The van der Waals surface area contributed by atoms with E-state index in [-0.39, 0.29) is 5.82 Å². The van der Waals surface area contributed by atoms with Crippen LogP contribution in [0.2, 0.25) is 0 Å². The molecule has 1 aromatic heterocycles. The predicted molar refractivity (Wildman–Crippen MR) is 51.5 cm³/mol. The topological polar surface area (TPSA) is 64.9 Å². The first kappa shape index (κ1) is 9.79. The van der Waals surface area contributed by atoms with Crippen molar-refractivity contribution in [2.24, 2.45) is 5.73 Å². The summed E-state index contributed by atoms with van der Waals surface area (Å²) in [6.07, 6.45) is 0. The Labute approximate surface area is 85.9 Å². The fraction of sp³-hybridized carbons (Fsp3) is 0.200. The quantitative estimate of drug-likeness (QED) is 0.811.